The fourth-order valence-electron chi connectivity index (χ4n) is 1.83. The molecule has 8 nitrogen and oxygen atoms in total. The molecule has 2 aromatic rings. The topological polar surface area (TPSA) is 140 Å². The van der Waals surface area contributed by atoms with Crippen molar-refractivity contribution in [3.05, 3.63) is 42.0 Å². The molecule has 0 saturated carbocycles. The van der Waals surface area contributed by atoms with Crippen LogP contribution < -0.4 is 16.2 Å². The highest BCUT2D eigenvalue weighted by Gasteiger charge is 2.10. The Balaban J connectivity index is 2.33. The van der Waals surface area contributed by atoms with E-state index in [0.717, 1.165) is 0 Å². The van der Waals surface area contributed by atoms with Crippen molar-refractivity contribution in [3.8, 4) is 0 Å². The van der Waals surface area contributed by atoms with Crippen LogP contribution in [-0.4, -0.2) is 21.8 Å². The Hall–Kier alpha value is -2.78. The van der Waals surface area contributed by atoms with Crippen molar-refractivity contribution in [2.24, 2.45) is 10.2 Å². The number of hydrogen-bond donors (Lipinski definition) is 3. The van der Waals surface area contributed by atoms with E-state index in [-0.39, 0.29) is 21.8 Å². The van der Waals surface area contributed by atoms with Crippen molar-refractivity contribution < 1.29 is 13.2 Å². The number of aldehydes is 1. The molecule has 2 rings (SSSR count). The maximum atomic E-state index is 11.6. The maximum absolute atomic E-state index is 11.6. The van der Waals surface area contributed by atoms with Gasteiger partial charge in [0.2, 0.25) is 10.0 Å². The predicted molar refractivity (Wildman–Crippen MR) is 87.5 cm³/mol. The first-order valence-electron chi connectivity index (χ1n) is 6.47. The van der Waals surface area contributed by atoms with E-state index in [1.54, 1.807) is 0 Å². The third-order valence-corrected chi connectivity index (χ3v) is 4.43. The van der Waals surface area contributed by atoms with Crippen LogP contribution in [0.4, 0.5) is 22.7 Å². The van der Waals surface area contributed by atoms with Crippen molar-refractivity contribution in [2.45, 2.75) is 4.90 Å². The van der Waals surface area contributed by atoms with Gasteiger partial charge in [-0.1, -0.05) is 0 Å². The Morgan fingerprint density at radius 2 is 1.74 bits per heavy atom. The minimum absolute atomic E-state index is 0.111. The van der Waals surface area contributed by atoms with E-state index in [9.17, 15) is 13.2 Å². The van der Waals surface area contributed by atoms with E-state index >= 15 is 0 Å². The second-order valence-corrected chi connectivity index (χ2v) is 6.45. The molecule has 0 aliphatic heterocycles. The van der Waals surface area contributed by atoms with Gasteiger partial charge in [0.25, 0.3) is 0 Å². The SMILES string of the molecule is CNS(=O)(=O)c1ccc(N=Nc2c(N)cc(N)cc2C=O)cc1. The minimum atomic E-state index is -3.51. The number of nitrogens with two attached hydrogens (primary N) is 2. The van der Waals surface area contributed by atoms with Crippen molar-refractivity contribution in [1.29, 1.82) is 0 Å². The lowest BCUT2D eigenvalue weighted by atomic mass is 10.1. The normalized spacial score (nSPS) is 11.7. The van der Waals surface area contributed by atoms with E-state index in [2.05, 4.69) is 15.0 Å². The van der Waals surface area contributed by atoms with Crippen LogP contribution in [-0.2, 0) is 10.0 Å². The summed E-state index contributed by atoms with van der Waals surface area (Å²) in [5, 5.41) is 7.90. The second-order valence-electron chi connectivity index (χ2n) is 4.57. The summed E-state index contributed by atoms with van der Waals surface area (Å²) in [6.07, 6.45) is 0.587. The number of benzene rings is 2. The molecule has 0 fully saturated rings. The quantitative estimate of drug-likeness (QED) is 0.436. The summed E-state index contributed by atoms with van der Waals surface area (Å²) in [7, 11) is -2.18. The molecule has 0 amide bonds. The molecular formula is C14H15N5O3S. The van der Waals surface area contributed by atoms with Gasteiger partial charge >= 0.3 is 0 Å². The van der Waals surface area contributed by atoms with Crippen LogP contribution in [0, 0.1) is 0 Å². The van der Waals surface area contributed by atoms with E-state index in [0.29, 0.717) is 17.7 Å². The van der Waals surface area contributed by atoms with Gasteiger partial charge in [-0.3, -0.25) is 4.79 Å². The Morgan fingerprint density at radius 3 is 2.30 bits per heavy atom. The number of anilines is 2. The van der Waals surface area contributed by atoms with Gasteiger partial charge in [0.05, 0.1) is 16.3 Å². The lowest BCUT2D eigenvalue weighted by Gasteiger charge is -2.04. The van der Waals surface area contributed by atoms with Crippen LogP contribution >= 0.6 is 0 Å². The molecule has 0 radical (unpaired) electrons. The molecule has 0 unspecified atom stereocenters. The van der Waals surface area contributed by atoms with Gasteiger partial charge in [-0.15, -0.1) is 5.11 Å². The molecule has 120 valence electrons. The molecule has 0 aromatic heterocycles. The Morgan fingerprint density at radius 1 is 1.09 bits per heavy atom. The van der Waals surface area contributed by atoms with Gasteiger partial charge in [-0.05, 0) is 43.4 Å². The molecule has 0 aliphatic carbocycles. The van der Waals surface area contributed by atoms with Crippen molar-refractivity contribution in [2.75, 3.05) is 18.5 Å². The third kappa shape index (κ3) is 3.71. The molecule has 0 heterocycles. The molecule has 23 heavy (non-hydrogen) atoms. The molecule has 0 saturated heterocycles. The third-order valence-electron chi connectivity index (χ3n) is 3.00. The number of sulfonamides is 1. The Labute approximate surface area is 133 Å². The van der Waals surface area contributed by atoms with Crippen molar-refractivity contribution in [1.82, 2.24) is 4.72 Å². The standard InChI is InChI=1S/C14H15N5O3S/c1-17-23(21,22)12-4-2-11(3-5-12)18-19-14-9(8-20)6-10(15)7-13(14)16/h2-8,17H,15-16H2,1H3. The second kappa shape index (κ2) is 6.55. The average molecular weight is 333 g/mol. The van der Waals surface area contributed by atoms with Gasteiger partial charge in [0.1, 0.15) is 5.69 Å². The van der Waals surface area contributed by atoms with Gasteiger partial charge in [-0.2, -0.15) is 5.11 Å². The molecule has 0 bridgehead atoms. The van der Waals surface area contributed by atoms with Gasteiger partial charge < -0.3 is 11.5 Å². The zero-order chi connectivity index (χ0) is 17.0. The smallest absolute Gasteiger partial charge is 0.240 e. The van der Waals surface area contributed by atoms with E-state index in [1.165, 1.54) is 43.4 Å². The molecule has 0 aliphatic rings. The van der Waals surface area contributed by atoms with Crippen molar-refractivity contribution >= 4 is 39.1 Å². The lowest BCUT2D eigenvalue weighted by molar-refractivity contribution is 0.112. The molecule has 9 heteroatoms. The molecule has 5 N–H and O–H groups in total. The first kappa shape index (κ1) is 16.6. The Bertz CT molecular complexity index is 861. The van der Waals surface area contributed by atoms with E-state index in [1.807, 2.05) is 0 Å². The minimum Gasteiger partial charge on any atom is -0.399 e. The van der Waals surface area contributed by atoms with Gasteiger partial charge in [0.15, 0.2) is 6.29 Å². The molecule has 2 aromatic carbocycles. The largest absolute Gasteiger partial charge is 0.399 e. The van der Waals surface area contributed by atoms with Crippen LogP contribution in [0.1, 0.15) is 10.4 Å². The fourth-order valence-corrected chi connectivity index (χ4v) is 2.56. The first-order valence-corrected chi connectivity index (χ1v) is 7.95. The van der Waals surface area contributed by atoms with Gasteiger partial charge in [0, 0.05) is 11.3 Å². The number of nitrogens with one attached hydrogen (secondary N) is 1. The zero-order valence-corrected chi connectivity index (χ0v) is 13.0. The van der Waals surface area contributed by atoms with Gasteiger partial charge in [-0.25, -0.2) is 13.1 Å². The number of carbonyl (C=O) groups is 1. The number of nitrogen functional groups attached to an aromatic ring is 2. The van der Waals surface area contributed by atoms with Crippen LogP contribution in [0.15, 0.2) is 51.5 Å². The number of azo groups is 1. The number of rotatable bonds is 5. The summed E-state index contributed by atoms with van der Waals surface area (Å²) in [5.41, 5.74) is 12.8. The number of hydrogen-bond acceptors (Lipinski definition) is 7. The lowest BCUT2D eigenvalue weighted by Crippen LogP contribution is -2.18. The maximum Gasteiger partial charge on any atom is 0.240 e. The summed E-state index contributed by atoms with van der Waals surface area (Å²) in [6.45, 7) is 0. The Kier molecular flexibility index (Phi) is 4.72. The summed E-state index contributed by atoms with van der Waals surface area (Å²) >= 11 is 0. The number of carbonyl (C=O) groups excluding carboxylic acids is 1. The fraction of sp³-hybridized carbons (Fsp3) is 0.0714. The van der Waals surface area contributed by atoms with Crippen LogP contribution in [0.5, 0.6) is 0 Å². The highest BCUT2D eigenvalue weighted by Crippen LogP contribution is 2.30. The predicted octanol–water partition coefficient (Wildman–Crippen LogP) is 1.99. The highest BCUT2D eigenvalue weighted by atomic mass is 32.2. The monoisotopic (exact) mass is 333 g/mol. The molecule has 0 spiro atoms. The zero-order valence-electron chi connectivity index (χ0n) is 12.2. The number of nitrogens with zero attached hydrogens (tertiary/aromatic N) is 2. The van der Waals surface area contributed by atoms with E-state index in [4.69, 9.17) is 11.5 Å². The summed E-state index contributed by atoms with van der Waals surface area (Å²) in [4.78, 5) is 11.2. The first-order chi connectivity index (χ1) is 10.9. The molecular weight excluding hydrogens is 318 g/mol. The van der Waals surface area contributed by atoms with Crippen LogP contribution in [0.25, 0.3) is 0 Å². The van der Waals surface area contributed by atoms with Crippen LogP contribution in [0.3, 0.4) is 0 Å². The average Bonchev–Trinajstić information content (AvgIpc) is 2.53. The molecule has 0 atom stereocenters. The summed E-state index contributed by atoms with van der Waals surface area (Å²) < 4.78 is 25.5. The summed E-state index contributed by atoms with van der Waals surface area (Å²) in [5.74, 6) is 0. The van der Waals surface area contributed by atoms with Crippen LogP contribution in [0.2, 0.25) is 0 Å². The van der Waals surface area contributed by atoms with E-state index < -0.39 is 10.0 Å². The van der Waals surface area contributed by atoms with Crippen molar-refractivity contribution in [3.63, 3.8) is 0 Å². The summed E-state index contributed by atoms with van der Waals surface area (Å²) in [6, 6.07) is 8.69. The highest BCUT2D eigenvalue weighted by molar-refractivity contribution is 7.89.